The predicted octanol–water partition coefficient (Wildman–Crippen LogP) is 3.37. The van der Waals surface area contributed by atoms with Crippen LogP contribution >= 0.6 is 0 Å². The van der Waals surface area contributed by atoms with Crippen molar-refractivity contribution in [2.45, 2.75) is 72.5 Å². The van der Waals surface area contributed by atoms with Crippen molar-refractivity contribution in [3.63, 3.8) is 0 Å². The van der Waals surface area contributed by atoms with Crippen molar-refractivity contribution in [2.24, 2.45) is 5.92 Å². The summed E-state index contributed by atoms with van der Waals surface area (Å²) in [5.74, 6) is -0.193. The first-order valence-electron chi connectivity index (χ1n) is 8.50. The van der Waals surface area contributed by atoms with Gasteiger partial charge < -0.3 is 18.9 Å². The van der Waals surface area contributed by atoms with Crippen LogP contribution in [0.2, 0.25) is 0 Å². The first kappa shape index (κ1) is 25.1. The van der Waals surface area contributed by atoms with Gasteiger partial charge in [0.05, 0.1) is 24.9 Å². The molecule has 144 valence electrons. The molecule has 0 aliphatic heterocycles. The topological polar surface area (TPSA) is 71.1 Å². The van der Waals surface area contributed by atoms with Crippen molar-refractivity contribution in [2.75, 3.05) is 27.4 Å². The van der Waals surface area contributed by atoms with Crippen LogP contribution in [0.25, 0.3) is 0 Å². The average molecular weight is 348 g/mol. The van der Waals surface area contributed by atoms with E-state index < -0.39 is 0 Å². The summed E-state index contributed by atoms with van der Waals surface area (Å²) < 4.78 is 20.2. The van der Waals surface area contributed by atoms with Crippen molar-refractivity contribution in [3.05, 3.63) is 0 Å². The van der Waals surface area contributed by atoms with Crippen molar-refractivity contribution in [1.29, 1.82) is 0 Å². The molecule has 0 N–H and O–H groups in total. The van der Waals surface area contributed by atoms with Crippen molar-refractivity contribution in [1.82, 2.24) is 0 Å². The molecule has 0 aliphatic carbocycles. The molecule has 3 atom stereocenters. The van der Waals surface area contributed by atoms with Crippen LogP contribution in [0.1, 0.15) is 60.8 Å². The summed E-state index contributed by atoms with van der Waals surface area (Å²) in [5, 5.41) is 0. The van der Waals surface area contributed by atoms with E-state index in [2.05, 4.69) is 13.8 Å². The third-order valence-electron chi connectivity index (χ3n) is 4.07. The molecule has 0 fully saturated rings. The molecule has 3 unspecified atom stereocenters. The highest BCUT2D eigenvalue weighted by Crippen LogP contribution is 2.18. The molecule has 0 rings (SSSR count). The molecule has 0 aromatic heterocycles. The number of carbonyl (C=O) groups excluding carboxylic acids is 2. The summed E-state index contributed by atoms with van der Waals surface area (Å²) in [6, 6.07) is 0. The maximum atomic E-state index is 10.5. The van der Waals surface area contributed by atoms with Crippen LogP contribution in [0.3, 0.4) is 0 Å². The van der Waals surface area contributed by atoms with E-state index in [1.54, 1.807) is 14.2 Å². The van der Waals surface area contributed by atoms with Gasteiger partial charge in [-0.1, -0.05) is 20.8 Å². The molecule has 0 aliphatic rings. The molecule has 0 aromatic rings. The number of hydrogen-bond donors (Lipinski definition) is 0. The van der Waals surface area contributed by atoms with Gasteiger partial charge in [0, 0.05) is 40.4 Å². The zero-order chi connectivity index (χ0) is 19.2. The van der Waals surface area contributed by atoms with Gasteiger partial charge in [-0.2, -0.15) is 0 Å². The third kappa shape index (κ3) is 13.3. The van der Waals surface area contributed by atoms with E-state index in [9.17, 15) is 9.59 Å². The summed E-state index contributed by atoms with van der Waals surface area (Å²) in [4.78, 5) is 20.9. The largest absolute Gasteiger partial charge is 0.466 e. The molecule has 6 heteroatoms. The quantitative estimate of drug-likeness (QED) is 0.564. The summed E-state index contributed by atoms with van der Waals surface area (Å²) in [7, 11) is 3.36. The number of rotatable bonds is 10. The molecule has 24 heavy (non-hydrogen) atoms. The number of carbonyl (C=O) groups is 2. The fourth-order valence-corrected chi connectivity index (χ4v) is 1.99. The van der Waals surface area contributed by atoms with Crippen LogP contribution in [-0.4, -0.2) is 51.1 Å². The van der Waals surface area contributed by atoms with Gasteiger partial charge >= 0.3 is 11.9 Å². The highest BCUT2D eigenvalue weighted by atomic mass is 16.5. The second kappa shape index (κ2) is 14.2. The molecule has 0 bridgehead atoms. The number of methoxy groups -OCH3 is 2. The molecular weight excluding hydrogens is 312 g/mol. The Morgan fingerprint density at radius 3 is 1.92 bits per heavy atom. The lowest BCUT2D eigenvalue weighted by Gasteiger charge is -2.25. The zero-order valence-corrected chi connectivity index (χ0v) is 16.6. The lowest BCUT2D eigenvalue weighted by atomic mass is 10.00. The summed E-state index contributed by atoms with van der Waals surface area (Å²) in [6.45, 7) is 11.8. The highest BCUT2D eigenvalue weighted by Gasteiger charge is 2.20. The van der Waals surface area contributed by atoms with Crippen LogP contribution < -0.4 is 0 Å². The maximum Gasteiger partial charge on any atom is 0.302 e. The normalized spacial score (nSPS) is 15.3. The van der Waals surface area contributed by atoms with Crippen LogP contribution in [0.15, 0.2) is 0 Å². The molecular formula is C18H36O6. The fraction of sp³-hybridized carbons (Fsp3) is 0.889. The predicted molar refractivity (Wildman–Crippen MR) is 93.8 cm³/mol. The maximum absolute atomic E-state index is 10.5. The number of hydrogen-bond acceptors (Lipinski definition) is 6. The van der Waals surface area contributed by atoms with E-state index in [4.69, 9.17) is 18.9 Å². The Bertz CT molecular complexity index is 334. The lowest BCUT2D eigenvalue weighted by Crippen LogP contribution is -2.28. The molecule has 0 radical (unpaired) electrons. The Hall–Kier alpha value is -1.14. The van der Waals surface area contributed by atoms with E-state index >= 15 is 0 Å². The molecule has 0 saturated carbocycles. The SMILES string of the molecule is CCC(C)(CCOC(C)=O)OC.CCC(OC)C(C)COC(C)=O. The summed E-state index contributed by atoms with van der Waals surface area (Å²) in [6.07, 6.45) is 2.80. The Morgan fingerprint density at radius 1 is 1.04 bits per heavy atom. The molecule has 6 nitrogen and oxygen atoms in total. The lowest BCUT2D eigenvalue weighted by molar-refractivity contribution is -0.144. The first-order chi connectivity index (χ1) is 11.2. The molecule has 0 spiro atoms. The number of ether oxygens (including phenoxy) is 4. The van der Waals surface area contributed by atoms with Crippen molar-refractivity contribution in [3.8, 4) is 0 Å². The smallest absolute Gasteiger partial charge is 0.302 e. The molecule has 0 amide bonds. The fourth-order valence-electron chi connectivity index (χ4n) is 1.99. The number of esters is 2. The van der Waals surface area contributed by atoms with E-state index in [-0.39, 0.29) is 29.6 Å². The summed E-state index contributed by atoms with van der Waals surface area (Å²) >= 11 is 0. The van der Waals surface area contributed by atoms with Gasteiger partial charge in [0.1, 0.15) is 0 Å². The van der Waals surface area contributed by atoms with E-state index in [1.165, 1.54) is 13.8 Å². The minimum absolute atomic E-state index is 0.157. The van der Waals surface area contributed by atoms with E-state index in [0.717, 1.165) is 19.3 Å². The minimum Gasteiger partial charge on any atom is -0.466 e. The van der Waals surface area contributed by atoms with Gasteiger partial charge in [-0.05, 0) is 19.8 Å². The van der Waals surface area contributed by atoms with Crippen LogP contribution in [0.5, 0.6) is 0 Å². The monoisotopic (exact) mass is 348 g/mol. The molecule has 0 heterocycles. The second-order valence-electron chi connectivity index (χ2n) is 6.06. The third-order valence-corrected chi connectivity index (χ3v) is 4.07. The summed E-state index contributed by atoms with van der Waals surface area (Å²) in [5.41, 5.74) is -0.157. The van der Waals surface area contributed by atoms with Gasteiger partial charge in [0.25, 0.3) is 0 Å². The van der Waals surface area contributed by atoms with Gasteiger partial charge in [0.15, 0.2) is 0 Å². The Morgan fingerprint density at radius 2 is 1.58 bits per heavy atom. The van der Waals surface area contributed by atoms with Crippen molar-refractivity contribution >= 4 is 11.9 Å². The average Bonchev–Trinajstić information content (AvgIpc) is 2.54. The Balaban J connectivity index is 0. The zero-order valence-electron chi connectivity index (χ0n) is 16.6. The molecule has 0 saturated heterocycles. The molecule has 0 aromatic carbocycles. The van der Waals surface area contributed by atoms with Crippen molar-refractivity contribution < 1.29 is 28.5 Å². The standard InChI is InChI=1S/2C9H18O3/c1-5-9(3,11-4)6-7-12-8(2)10;1-5-9(11-4)7(2)6-12-8(3)10/h5-7H2,1-4H3;7,9H,5-6H2,1-4H3. The van der Waals surface area contributed by atoms with Crippen LogP contribution in [0.4, 0.5) is 0 Å². The van der Waals surface area contributed by atoms with E-state index in [0.29, 0.717) is 13.2 Å². The van der Waals surface area contributed by atoms with Gasteiger partial charge in [-0.3, -0.25) is 9.59 Å². The Kier molecular flexibility index (Phi) is 14.9. The van der Waals surface area contributed by atoms with Gasteiger partial charge in [-0.15, -0.1) is 0 Å². The van der Waals surface area contributed by atoms with Gasteiger partial charge in [-0.25, -0.2) is 0 Å². The highest BCUT2D eigenvalue weighted by molar-refractivity contribution is 5.66. The van der Waals surface area contributed by atoms with Crippen LogP contribution in [0, 0.1) is 5.92 Å². The second-order valence-corrected chi connectivity index (χ2v) is 6.06. The van der Waals surface area contributed by atoms with Crippen LogP contribution in [-0.2, 0) is 28.5 Å². The first-order valence-corrected chi connectivity index (χ1v) is 8.50. The Labute approximate surface area is 147 Å². The minimum atomic E-state index is -0.232. The van der Waals surface area contributed by atoms with Gasteiger partial charge in [0.2, 0.25) is 0 Å². The van der Waals surface area contributed by atoms with E-state index in [1.807, 2.05) is 13.8 Å².